The van der Waals surface area contributed by atoms with E-state index in [0.717, 1.165) is 11.1 Å². The maximum Gasteiger partial charge on any atom is 0.287 e. The number of amides is 4. The van der Waals surface area contributed by atoms with Crippen LogP contribution in [-0.2, 0) is 29.7 Å². The van der Waals surface area contributed by atoms with E-state index in [1.165, 1.54) is 4.90 Å². The van der Waals surface area contributed by atoms with Crippen molar-refractivity contribution in [3.05, 3.63) is 53.1 Å². The van der Waals surface area contributed by atoms with Crippen LogP contribution in [-0.4, -0.2) is 44.1 Å². The van der Waals surface area contributed by atoms with Crippen molar-refractivity contribution < 1.29 is 19.2 Å². The summed E-state index contributed by atoms with van der Waals surface area (Å²) < 4.78 is 1.63. The first-order valence-corrected chi connectivity index (χ1v) is 8.96. The van der Waals surface area contributed by atoms with Gasteiger partial charge in [0.25, 0.3) is 11.8 Å². The van der Waals surface area contributed by atoms with Gasteiger partial charge in [0.05, 0.1) is 0 Å². The predicted molar refractivity (Wildman–Crippen MR) is 96.9 cm³/mol. The number of hydrogen-bond donors (Lipinski definition) is 2. The lowest BCUT2D eigenvalue weighted by molar-refractivity contribution is -0.136. The van der Waals surface area contributed by atoms with Gasteiger partial charge in [-0.1, -0.05) is 12.1 Å². The van der Waals surface area contributed by atoms with Gasteiger partial charge in [0.2, 0.25) is 11.8 Å². The van der Waals surface area contributed by atoms with E-state index in [1.807, 2.05) is 6.07 Å². The molecule has 1 atom stereocenters. The normalized spacial score (nSPS) is 18.8. The molecule has 3 heterocycles. The first-order valence-electron chi connectivity index (χ1n) is 8.96. The van der Waals surface area contributed by atoms with Crippen molar-refractivity contribution in [3.8, 4) is 0 Å². The molecule has 144 valence electrons. The van der Waals surface area contributed by atoms with E-state index < -0.39 is 11.9 Å². The molecule has 2 aliphatic rings. The molecule has 1 aromatic carbocycles. The minimum absolute atomic E-state index is 0.215. The molecule has 1 aromatic heterocycles. The lowest BCUT2D eigenvalue weighted by atomic mass is 10.0. The number of nitrogens with one attached hydrogen (secondary N) is 2. The highest BCUT2D eigenvalue weighted by molar-refractivity contribution is 6.05. The quantitative estimate of drug-likeness (QED) is 0.730. The molecule has 2 aliphatic heterocycles. The van der Waals surface area contributed by atoms with Gasteiger partial charge in [0.15, 0.2) is 5.82 Å². The number of piperidine rings is 1. The molecule has 28 heavy (non-hydrogen) atoms. The monoisotopic (exact) mass is 381 g/mol. The van der Waals surface area contributed by atoms with Gasteiger partial charge in [-0.25, -0.2) is 4.98 Å². The number of carbonyl (C=O) groups is 4. The van der Waals surface area contributed by atoms with E-state index in [-0.39, 0.29) is 24.1 Å². The van der Waals surface area contributed by atoms with Crippen molar-refractivity contribution in [2.75, 3.05) is 0 Å². The Bertz CT molecular complexity index is 996. The van der Waals surface area contributed by atoms with Crippen LogP contribution in [0.25, 0.3) is 0 Å². The highest BCUT2D eigenvalue weighted by atomic mass is 16.2. The Hall–Kier alpha value is -3.49. The fourth-order valence-electron chi connectivity index (χ4n) is 3.58. The second kappa shape index (κ2) is 6.91. The van der Waals surface area contributed by atoms with Gasteiger partial charge in [-0.05, 0) is 23.6 Å². The molecule has 1 unspecified atom stereocenters. The van der Waals surface area contributed by atoms with Crippen LogP contribution < -0.4 is 10.6 Å². The standard InChI is InChI=1S/C19H19N5O4/c1-23-7-6-20-16(23)18(27)21-9-11-2-3-13-12(8-11)10-24(19(13)28)14-4-5-15(25)22-17(14)26/h2-3,6-8,14H,4-5,9-10H2,1H3,(H,21,27)(H,22,25,26). The van der Waals surface area contributed by atoms with Crippen LogP contribution in [0.2, 0.25) is 0 Å². The maximum absolute atomic E-state index is 12.7. The molecule has 0 bridgehead atoms. The first kappa shape index (κ1) is 17.9. The Labute approximate surface area is 160 Å². The van der Waals surface area contributed by atoms with Crippen molar-refractivity contribution in [1.82, 2.24) is 25.1 Å². The number of hydrogen-bond acceptors (Lipinski definition) is 5. The Morgan fingerprint density at radius 1 is 1.32 bits per heavy atom. The summed E-state index contributed by atoms with van der Waals surface area (Å²) in [5, 5.41) is 5.10. The van der Waals surface area contributed by atoms with Crippen LogP contribution >= 0.6 is 0 Å². The summed E-state index contributed by atoms with van der Waals surface area (Å²) in [6, 6.07) is 4.72. The minimum atomic E-state index is -0.635. The molecule has 9 heteroatoms. The third kappa shape index (κ3) is 3.15. The zero-order valence-corrected chi connectivity index (χ0v) is 15.3. The molecule has 0 spiro atoms. The number of imide groups is 1. The molecule has 2 aromatic rings. The van der Waals surface area contributed by atoms with E-state index in [4.69, 9.17) is 0 Å². The number of fused-ring (bicyclic) bond motifs is 1. The van der Waals surface area contributed by atoms with Crippen molar-refractivity contribution >= 4 is 23.6 Å². The van der Waals surface area contributed by atoms with E-state index in [2.05, 4.69) is 15.6 Å². The highest BCUT2D eigenvalue weighted by Gasteiger charge is 2.39. The number of nitrogens with zero attached hydrogens (tertiary/aromatic N) is 3. The van der Waals surface area contributed by atoms with Gasteiger partial charge >= 0.3 is 0 Å². The molecule has 4 rings (SSSR count). The predicted octanol–water partition coefficient (Wildman–Crippen LogP) is 0.111. The average molecular weight is 381 g/mol. The molecular weight excluding hydrogens is 362 g/mol. The lowest BCUT2D eigenvalue weighted by Crippen LogP contribution is -2.52. The largest absolute Gasteiger partial charge is 0.345 e. The Kier molecular flexibility index (Phi) is 4.42. The smallest absolute Gasteiger partial charge is 0.287 e. The van der Waals surface area contributed by atoms with Gasteiger partial charge < -0.3 is 14.8 Å². The fourth-order valence-corrected chi connectivity index (χ4v) is 3.58. The zero-order valence-electron chi connectivity index (χ0n) is 15.3. The molecule has 2 N–H and O–H groups in total. The topological polar surface area (TPSA) is 113 Å². The molecule has 0 aliphatic carbocycles. The van der Waals surface area contributed by atoms with E-state index in [0.29, 0.717) is 30.9 Å². The van der Waals surface area contributed by atoms with Crippen molar-refractivity contribution in [2.45, 2.75) is 32.0 Å². The molecule has 0 radical (unpaired) electrons. The van der Waals surface area contributed by atoms with Gasteiger partial charge in [0.1, 0.15) is 6.04 Å². The molecule has 4 amide bonds. The van der Waals surface area contributed by atoms with Crippen LogP contribution in [0, 0.1) is 0 Å². The van der Waals surface area contributed by atoms with E-state index in [1.54, 1.807) is 36.1 Å². The van der Waals surface area contributed by atoms with Crippen molar-refractivity contribution in [2.24, 2.45) is 7.05 Å². The molecule has 9 nitrogen and oxygen atoms in total. The highest BCUT2D eigenvalue weighted by Crippen LogP contribution is 2.28. The second-order valence-electron chi connectivity index (χ2n) is 6.94. The van der Waals surface area contributed by atoms with Crippen molar-refractivity contribution in [3.63, 3.8) is 0 Å². The molecule has 0 saturated carbocycles. The van der Waals surface area contributed by atoms with Gasteiger partial charge in [-0.15, -0.1) is 0 Å². The number of carbonyl (C=O) groups excluding carboxylic acids is 4. The summed E-state index contributed by atoms with van der Waals surface area (Å²) in [5.41, 5.74) is 2.20. The minimum Gasteiger partial charge on any atom is -0.345 e. The lowest BCUT2D eigenvalue weighted by Gasteiger charge is -2.29. The molecular formula is C19H19N5O4. The Morgan fingerprint density at radius 3 is 2.86 bits per heavy atom. The summed E-state index contributed by atoms with van der Waals surface area (Å²) in [7, 11) is 1.74. The fraction of sp³-hybridized carbons (Fsp3) is 0.316. The van der Waals surface area contributed by atoms with Crippen LogP contribution in [0.3, 0.4) is 0 Å². The Balaban J connectivity index is 1.45. The van der Waals surface area contributed by atoms with E-state index >= 15 is 0 Å². The third-order valence-corrected chi connectivity index (χ3v) is 5.07. The van der Waals surface area contributed by atoms with Crippen LogP contribution in [0.15, 0.2) is 30.6 Å². The summed E-state index contributed by atoms with van der Waals surface area (Å²) >= 11 is 0. The van der Waals surface area contributed by atoms with Gasteiger partial charge in [-0.2, -0.15) is 0 Å². The summed E-state index contributed by atoms with van der Waals surface area (Å²) in [4.78, 5) is 53.8. The number of aromatic nitrogens is 2. The van der Waals surface area contributed by atoms with Crippen molar-refractivity contribution in [1.29, 1.82) is 0 Å². The number of imidazole rings is 1. The third-order valence-electron chi connectivity index (χ3n) is 5.07. The van der Waals surface area contributed by atoms with Gasteiger partial charge in [0, 0.05) is 44.5 Å². The molecule has 1 saturated heterocycles. The average Bonchev–Trinajstić information content (AvgIpc) is 3.23. The first-order chi connectivity index (χ1) is 13.4. The van der Waals surface area contributed by atoms with Crippen LogP contribution in [0.4, 0.5) is 0 Å². The van der Waals surface area contributed by atoms with Crippen LogP contribution in [0.5, 0.6) is 0 Å². The maximum atomic E-state index is 12.7. The van der Waals surface area contributed by atoms with Gasteiger partial charge in [-0.3, -0.25) is 24.5 Å². The summed E-state index contributed by atoms with van der Waals surface area (Å²) in [6.07, 6.45) is 3.80. The zero-order chi connectivity index (χ0) is 19.8. The second-order valence-corrected chi connectivity index (χ2v) is 6.94. The van der Waals surface area contributed by atoms with E-state index in [9.17, 15) is 19.2 Å². The van der Waals surface area contributed by atoms with Crippen LogP contribution in [0.1, 0.15) is 44.9 Å². The summed E-state index contributed by atoms with van der Waals surface area (Å²) in [6.45, 7) is 0.604. The number of rotatable bonds is 4. The number of benzene rings is 1. The Morgan fingerprint density at radius 2 is 2.14 bits per heavy atom. The molecule has 1 fully saturated rings. The SMILES string of the molecule is Cn1ccnc1C(=O)NCc1ccc2c(c1)CN(C1CCC(=O)NC1=O)C2=O. The summed E-state index contributed by atoms with van der Waals surface area (Å²) in [5.74, 6) is -0.918. The number of aryl methyl sites for hydroxylation is 1.